The van der Waals surface area contributed by atoms with E-state index < -0.39 is 21.6 Å². The molecule has 0 bridgehead atoms. The van der Waals surface area contributed by atoms with Crippen LogP contribution in [0.1, 0.15) is 6.92 Å². The summed E-state index contributed by atoms with van der Waals surface area (Å²) in [7, 11) is -4.31. The molecule has 0 radical (unpaired) electrons. The van der Waals surface area contributed by atoms with Gasteiger partial charge in [-0.2, -0.15) is 8.42 Å². The number of hydrogen-bond donors (Lipinski definition) is 4. The molecule has 6 nitrogen and oxygen atoms in total. The zero-order valence-corrected chi connectivity index (χ0v) is 7.45. The highest BCUT2D eigenvalue weighted by atomic mass is 32.2. The minimum absolute atomic E-state index is 0.00461. The largest absolute Gasteiger partial charge is 0.395 e. The van der Waals surface area contributed by atoms with E-state index in [1.807, 2.05) is 0 Å². The van der Waals surface area contributed by atoms with E-state index >= 15 is 0 Å². The lowest BCUT2D eigenvalue weighted by Crippen LogP contribution is -2.45. The zero-order valence-electron chi connectivity index (χ0n) is 6.64. The molecule has 0 spiro atoms. The topological polar surface area (TPSA) is 107 Å². The van der Waals surface area contributed by atoms with Crippen molar-refractivity contribution in [2.75, 3.05) is 13.2 Å². The van der Waals surface area contributed by atoms with Gasteiger partial charge in [0.2, 0.25) is 0 Å². The Balaban J connectivity index is 4.26. The van der Waals surface area contributed by atoms with Crippen LogP contribution in [0.3, 0.4) is 0 Å². The van der Waals surface area contributed by atoms with Crippen molar-refractivity contribution < 1.29 is 23.2 Å². The molecule has 0 amide bonds. The van der Waals surface area contributed by atoms with Crippen molar-refractivity contribution >= 4 is 10.1 Å². The van der Waals surface area contributed by atoms with E-state index in [1.165, 1.54) is 6.92 Å². The molecule has 0 aromatic heterocycles. The number of aliphatic hydroxyl groups is 2. The van der Waals surface area contributed by atoms with Crippen LogP contribution in [0.2, 0.25) is 0 Å². The number of hydrogen-bond acceptors (Lipinski definition) is 5. The Hall–Kier alpha value is -0.210. The van der Waals surface area contributed by atoms with Gasteiger partial charge in [-0.05, 0) is 6.92 Å². The van der Waals surface area contributed by atoms with Gasteiger partial charge < -0.3 is 10.2 Å². The molecule has 0 aromatic carbocycles. The van der Waals surface area contributed by atoms with Crippen molar-refractivity contribution in [1.29, 1.82) is 0 Å². The predicted octanol–water partition coefficient (Wildman–Crippen LogP) is -1.84. The first kappa shape index (κ1) is 11.8. The van der Waals surface area contributed by atoms with E-state index in [0.29, 0.717) is 0 Å². The van der Waals surface area contributed by atoms with Gasteiger partial charge >= 0.3 is 0 Å². The first-order valence-corrected chi connectivity index (χ1v) is 4.88. The Labute approximate surface area is 71.0 Å². The smallest absolute Gasteiger partial charge is 0.283 e. The van der Waals surface area contributed by atoms with Crippen LogP contribution in [-0.2, 0) is 10.1 Å². The summed E-state index contributed by atoms with van der Waals surface area (Å²) in [5.74, 6) is 0. The molecule has 2 unspecified atom stereocenters. The molecule has 4 N–H and O–H groups in total. The van der Waals surface area contributed by atoms with Gasteiger partial charge in [-0.25, -0.2) is 0 Å². The highest BCUT2D eigenvalue weighted by Gasteiger charge is 2.26. The van der Waals surface area contributed by atoms with E-state index in [0.717, 1.165) is 0 Å². The molecule has 7 heteroatoms. The second-order valence-electron chi connectivity index (χ2n) is 2.35. The average molecular weight is 199 g/mol. The maximum atomic E-state index is 10.5. The van der Waals surface area contributed by atoms with Gasteiger partial charge in [-0.1, -0.05) is 0 Å². The lowest BCUT2D eigenvalue weighted by Gasteiger charge is -2.17. The van der Waals surface area contributed by atoms with Gasteiger partial charge in [-0.3, -0.25) is 9.87 Å². The molecule has 0 aliphatic heterocycles. The first-order chi connectivity index (χ1) is 5.39. The second-order valence-corrected chi connectivity index (χ2v) is 3.89. The fourth-order valence-electron chi connectivity index (χ4n) is 0.732. The summed E-state index contributed by atoms with van der Waals surface area (Å²) in [6.07, 6.45) is -1.23. The van der Waals surface area contributed by atoms with Gasteiger partial charge in [0, 0.05) is 6.54 Å². The van der Waals surface area contributed by atoms with Crippen molar-refractivity contribution in [3.8, 4) is 0 Å². The van der Waals surface area contributed by atoms with Gasteiger partial charge in [0.25, 0.3) is 10.1 Å². The molecule has 12 heavy (non-hydrogen) atoms. The molecule has 0 aliphatic rings. The van der Waals surface area contributed by atoms with Crippen molar-refractivity contribution in [3.63, 3.8) is 0 Å². The Morgan fingerprint density at radius 1 is 1.50 bits per heavy atom. The molecule has 74 valence electrons. The fourth-order valence-corrected chi connectivity index (χ4v) is 1.56. The van der Waals surface area contributed by atoms with Gasteiger partial charge in [0.05, 0.1) is 12.7 Å². The van der Waals surface area contributed by atoms with Gasteiger partial charge in [0.1, 0.15) is 0 Å². The SMILES string of the molecule is CC(O)C(NCCO)S(=O)(=O)O. The van der Waals surface area contributed by atoms with Crippen molar-refractivity contribution in [2.45, 2.75) is 18.4 Å². The maximum Gasteiger partial charge on any atom is 0.283 e. The van der Waals surface area contributed by atoms with E-state index in [4.69, 9.17) is 14.8 Å². The summed E-state index contributed by atoms with van der Waals surface area (Å²) in [6.45, 7) is 0.955. The monoisotopic (exact) mass is 199 g/mol. The minimum Gasteiger partial charge on any atom is -0.395 e. The van der Waals surface area contributed by atoms with Crippen LogP contribution in [-0.4, -0.2) is 47.8 Å². The summed E-state index contributed by atoms with van der Waals surface area (Å²) in [4.78, 5) is 0. The van der Waals surface area contributed by atoms with Gasteiger partial charge in [-0.15, -0.1) is 0 Å². The molecular formula is C5H13NO5S. The number of aliphatic hydroxyl groups excluding tert-OH is 2. The average Bonchev–Trinajstić information content (AvgIpc) is 1.84. The quantitative estimate of drug-likeness (QED) is 0.388. The minimum atomic E-state index is -4.31. The summed E-state index contributed by atoms with van der Waals surface area (Å²) in [6, 6.07) is 0. The summed E-state index contributed by atoms with van der Waals surface area (Å²) in [5, 5.41) is 18.1. The van der Waals surface area contributed by atoms with Crippen LogP contribution in [0.25, 0.3) is 0 Å². The normalized spacial score (nSPS) is 17.3. The molecule has 0 saturated carbocycles. The molecule has 0 aromatic rings. The van der Waals surface area contributed by atoms with E-state index in [-0.39, 0.29) is 13.2 Å². The summed E-state index contributed by atoms with van der Waals surface area (Å²) in [5.41, 5.74) is 0. The highest BCUT2D eigenvalue weighted by Crippen LogP contribution is 1.99. The van der Waals surface area contributed by atoms with Crippen LogP contribution in [0.15, 0.2) is 0 Å². The third kappa shape index (κ3) is 3.98. The maximum absolute atomic E-state index is 10.5. The van der Waals surface area contributed by atoms with Gasteiger partial charge in [0.15, 0.2) is 5.37 Å². The van der Waals surface area contributed by atoms with Crippen molar-refractivity contribution in [2.24, 2.45) is 0 Å². The Bertz CT molecular complexity index is 212. The Kier molecular flexibility index (Phi) is 4.64. The first-order valence-electron chi connectivity index (χ1n) is 3.38. The van der Waals surface area contributed by atoms with E-state index in [1.54, 1.807) is 0 Å². The van der Waals surface area contributed by atoms with Crippen LogP contribution in [0.4, 0.5) is 0 Å². The second kappa shape index (κ2) is 4.73. The summed E-state index contributed by atoms with van der Waals surface area (Å²) < 4.78 is 29.6. The fraction of sp³-hybridized carbons (Fsp3) is 1.00. The molecule has 0 fully saturated rings. The van der Waals surface area contributed by atoms with Crippen LogP contribution >= 0.6 is 0 Å². The Morgan fingerprint density at radius 3 is 2.25 bits per heavy atom. The van der Waals surface area contributed by atoms with Crippen LogP contribution in [0.5, 0.6) is 0 Å². The van der Waals surface area contributed by atoms with E-state index in [9.17, 15) is 8.42 Å². The lowest BCUT2D eigenvalue weighted by atomic mass is 10.4. The molecule has 0 saturated heterocycles. The standard InChI is InChI=1S/C5H13NO5S/c1-4(8)5(6-2-3-7)12(9,10)11/h4-8H,2-3H2,1H3,(H,9,10,11). The predicted molar refractivity (Wildman–Crippen MR) is 42.1 cm³/mol. The highest BCUT2D eigenvalue weighted by molar-refractivity contribution is 7.86. The van der Waals surface area contributed by atoms with Crippen LogP contribution < -0.4 is 5.32 Å². The van der Waals surface area contributed by atoms with Crippen molar-refractivity contribution in [3.05, 3.63) is 0 Å². The number of nitrogens with one attached hydrogen (secondary N) is 1. The van der Waals surface area contributed by atoms with Crippen LogP contribution in [0, 0.1) is 0 Å². The van der Waals surface area contributed by atoms with E-state index in [2.05, 4.69) is 5.32 Å². The molecule has 0 heterocycles. The molecular weight excluding hydrogens is 186 g/mol. The van der Waals surface area contributed by atoms with Crippen molar-refractivity contribution in [1.82, 2.24) is 5.32 Å². The zero-order chi connectivity index (χ0) is 9.78. The lowest BCUT2D eigenvalue weighted by molar-refractivity contribution is 0.166. The third-order valence-electron chi connectivity index (χ3n) is 1.22. The Morgan fingerprint density at radius 2 is 2.00 bits per heavy atom. The summed E-state index contributed by atoms with van der Waals surface area (Å²) >= 11 is 0. The number of rotatable bonds is 5. The molecule has 0 aliphatic carbocycles. The molecule has 0 rings (SSSR count). The third-order valence-corrected chi connectivity index (χ3v) is 2.42. The molecule has 2 atom stereocenters.